The maximum absolute atomic E-state index is 13.6. The minimum atomic E-state index is -4.42. The first-order valence-electron chi connectivity index (χ1n) is 19.1. The molecule has 1 fully saturated rings. The zero-order valence-corrected chi connectivity index (χ0v) is 37.7. The maximum atomic E-state index is 13.6. The highest BCUT2D eigenvalue weighted by Crippen LogP contribution is 2.34. The van der Waals surface area contributed by atoms with Crippen LogP contribution in [0.3, 0.4) is 0 Å². The van der Waals surface area contributed by atoms with Crippen LogP contribution in [0.2, 0.25) is 0 Å². The van der Waals surface area contributed by atoms with E-state index in [-0.39, 0.29) is 58.9 Å². The van der Waals surface area contributed by atoms with E-state index in [1.54, 1.807) is 77.0 Å². The molecule has 0 aromatic rings. The molecular weight excluding hydrogens is 823 g/mol. The van der Waals surface area contributed by atoms with E-state index in [9.17, 15) is 56.1 Å². The minimum absolute atomic E-state index is 0.0662. The lowest BCUT2D eigenvalue weighted by Crippen LogP contribution is -2.57. The van der Waals surface area contributed by atoms with Crippen LogP contribution in [0.1, 0.15) is 62.3 Å². The van der Waals surface area contributed by atoms with Gasteiger partial charge in [0.2, 0.25) is 17.7 Å². The van der Waals surface area contributed by atoms with Crippen molar-refractivity contribution in [3.05, 3.63) is 0 Å². The van der Waals surface area contributed by atoms with Crippen molar-refractivity contribution < 1.29 is 70.3 Å². The zero-order chi connectivity index (χ0) is 45.6. The summed E-state index contributed by atoms with van der Waals surface area (Å²) >= 11 is 0. The average molecular weight is 892 g/mol. The number of nitrogens with zero attached hydrogens (tertiary/aromatic N) is 4. The Bertz CT molecular complexity index is 1360. The molecule has 0 aromatic carbocycles. The Morgan fingerprint density at radius 2 is 0.763 bits per heavy atom. The topological polar surface area (TPSA) is 301 Å². The van der Waals surface area contributed by atoms with Crippen LogP contribution < -0.4 is 16.0 Å². The number of ether oxygens (including phenoxy) is 3. The monoisotopic (exact) mass is 891 g/mol. The molecule has 0 unspecified atom stereocenters. The highest BCUT2D eigenvalue weighted by Gasteiger charge is 2.34. The van der Waals surface area contributed by atoms with Crippen molar-refractivity contribution in [1.82, 2.24) is 35.6 Å². The largest absolute Gasteiger partial charge is 0.459 e. The molecule has 9 N–H and O–H groups in total. The van der Waals surface area contributed by atoms with Gasteiger partial charge in [-0.3, -0.25) is 48.4 Å². The fourth-order valence-corrected chi connectivity index (χ4v) is 6.95. The fourth-order valence-electron chi connectivity index (χ4n) is 5.58. The van der Waals surface area contributed by atoms with Crippen LogP contribution >= 0.6 is 21.7 Å². The molecule has 1 aliphatic heterocycles. The van der Waals surface area contributed by atoms with Crippen molar-refractivity contribution in [2.24, 2.45) is 0 Å². The summed E-state index contributed by atoms with van der Waals surface area (Å²) in [5, 5.41) is 6.61. The summed E-state index contributed by atoms with van der Waals surface area (Å²) in [6.45, 7) is 16.7. The van der Waals surface area contributed by atoms with Crippen LogP contribution in [0, 0.1) is 0 Å². The number of amides is 3. The normalized spacial score (nSPS) is 18.2. The van der Waals surface area contributed by atoms with E-state index < -0.39 is 104 Å². The summed E-state index contributed by atoms with van der Waals surface area (Å²) in [5.41, 5.74) is -2.27. The van der Waals surface area contributed by atoms with E-state index in [4.69, 9.17) is 14.2 Å². The van der Waals surface area contributed by atoms with Crippen molar-refractivity contribution in [2.75, 3.05) is 97.1 Å². The van der Waals surface area contributed by atoms with Gasteiger partial charge in [-0.2, -0.15) is 0 Å². The first-order chi connectivity index (χ1) is 26.7. The van der Waals surface area contributed by atoms with E-state index in [1.807, 2.05) is 4.90 Å². The van der Waals surface area contributed by atoms with Crippen LogP contribution in [-0.2, 0) is 43.0 Å². The molecule has 3 amide bonds. The molecule has 24 heteroatoms. The van der Waals surface area contributed by atoms with Gasteiger partial charge >= 0.3 is 17.9 Å². The Labute approximate surface area is 350 Å². The second-order valence-corrected chi connectivity index (χ2v) is 20.5. The van der Waals surface area contributed by atoms with Crippen LogP contribution in [0.25, 0.3) is 0 Å². The Morgan fingerprint density at radius 3 is 1.02 bits per heavy atom. The number of rotatable bonds is 16. The second-order valence-electron chi connectivity index (χ2n) is 17.3. The Balaban J connectivity index is 3.47. The first kappa shape index (κ1) is 54.1. The molecular formula is C35H69N7O15S2. The third-order valence-corrected chi connectivity index (χ3v) is 9.49. The smallest absolute Gasteiger partial charge is 0.320 e. The molecule has 0 bridgehead atoms. The van der Waals surface area contributed by atoms with Crippen molar-refractivity contribution >= 4 is 57.4 Å². The van der Waals surface area contributed by atoms with Crippen LogP contribution in [0.5, 0.6) is 0 Å². The summed E-state index contributed by atoms with van der Waals surface area (Å²) in [6, 6.07) is -3.59. The summed E-state index contributed by atoms with van der Waals surface area (Å²) in [6.07, 6.45) is 0. The van der Waals surface area contributed by atoms with E-state index in [0.29, 0.717) is 13.1 Å². The third kappa shape index (κ3) is 26.8. The lowest BCUT2D eigenvalue weighted by molar-refractivity contribution is -0.158. The van der Waals surface area contributed by atoms with Gasteiger partial charge in [0.05, 0.1) is 59.4 Å². The summed E-state index contributed by atoms with van der Waals surface area (Å²) < 4.78 is 74.7. The van der Waals surface area contributed by atoms with E-state index in [0.717, 1.165) is 0 Å². The van der Waals surface area contributed by atoms with Crippen LogP contribution in [0.4, 0.5) is 0 Å². The van der Waals surface area contributed by atoms with Gasteiger partial charge < -0.3 is 57.5 Å². The number of esters is 3. The lowest BCUT2D eigenvalue weighted by atomic mass is 10.2. The number of likely N-dealkylation sites (N-methyl/N-ethyl adjacent to an activating group) is 1. The standard InChI is InChI=1S/C35H69N7O15S2/c1-33(2,3)55-28(44)20-40-13-11-39(19-27(43)37-26(24-59(52,53)54)32(48)38-25(31(47)36-10)23-58(49,50)51)12-14-41(21-29(45)56-34(4,5)6)16-18-42(17-15-40)22-30(46)57-35(7,8)9/h25-26,49-54H,11-24H2,1-10H3,(H,36,47)(H,37,43)(H,38,48)/t25-,26-/m0/s1. The summed E-state index contributed by atoms with van der Waals surface area (Å²) in [5.74, 6) is -6.62. The van der Waals surface area contributed by atoms with Crippen LogP contribution in [0.15, 0.2) is 0 Å². The van der Waals surface area contributed by atoms with Gasteiger partial charge in [-0.25, -0.2) is 0 Å². The van der Waals surface area contributed by atoms with E-state index in [1.165, 1.54) is 7.05 Å². The second kappa shape index (κ2) is 23.4. The van der Waals surface area contributed by atoms with Gasteiger partial charge in [-0.15, -0.1) is 0 Å². The molecule has 0 spiro atoms. The molecule has 59 heavy (non-hydrogen) atoms. The molecule has 1 heterocycles. The molecule has 346 valence electrons. The average Bonchev–Trinajstić information content (AvgIpc) is 3.00. The van der Waals surface area contributed by atoms with Gasteiger partial charge in [-0.05, 0) is 62.3 Å². The molecule has 1 aliphatic rings. The molecule has 0 radical (unpaired) electrons. The number of carbonyl (C=O) groups is 6. The van der Waals surface area contributed by atoms with Gasteiger partial charge in [0.1, 0.15) is 28.9 Å². The first-order valence-corrected chi connectivity index (χ1v) is 22.4. The Morgan fingerprint density at radius 1 is 0.492 bits per heavy atom. The van der Waals surface area contributed by atoms with Crippen molar-refractivity contribution in [1.29, 1.82) is 0 Å². The third-order valence-electron chi connectivity index (χ3n) is 7.93. The molecule has 1 rings (SSSR count). The number of hydrogen-bond donors (Lipinski definition) is 9. The van der Waals surface area contributed by atoms with Crippen molar-refractivity contribution in [2.45, 2.75) is 91.2 Å². The van der Waals surface area contributed by atoms with Crippen LogP contribution in [-0.4, -0.2) is 209 Å². The summed E-state index contributed by atoms with van der Waals surface area (Å²) in [4.78, 5) is 85.2. The number of hydrogen-bond acceptors (Lipinski definition) is 19. The predicted molar refractivity (Wildman–Crippen MR) is 222 cm³/mol. The van der Waals surface area contributed by atoms with Gasteiger partial charge in [0, 0.05) is 59.4 Å². The Hall–Kier alpha value is -2.88. The predicted octanol–water partition coefficient (Wildman–Crippen LogP) is 0.396. The molecule has 22 nitrogen and oxygen atoms in total. The molecule has 0 saturated carbocycles. The van der Waals surface area contributed by atoms with Gasteiger partial charge in [0.25, 0.3) is 0 Å². The van der Waals surface area contributed by atoms with Crippen molar-refractivity contribution in [3.8, 4) is 0 Å². The maximum Gasteiger partial charge on any atom is 0.320 e. The highest BCUT2D eigenvalue weighted by atomic mass is 32.3. The number of carbonyl (C=O) groups excluding carboxylic acids is 6. The van der Waals surface area contributed by atoms with E-state index >= 15 is 0 Å². The SMILES string of the molecule is CNC(=O)[C@H](CS(O)(O)O)NC(=O)[C@H](CS(O)(O)O)NC(=O)CN1CCN(CC(=O)OC(C)(C)C)CCN(CC(=O)OC(C)(C)C)CCN(CC(=O)OC(C)(C)C)CC1. The molecule has 1 saturated heterocycles. The summed E-state index contributed by atoms with van der Waals surface area (Å²) in [7, 11) is -7.55. The van der Waals surface area contributed by atoms with E-state index in [2.05, 4.69) is 16.0 Å². The fraction of sp³-hybridized carbons (Fsp3) is 0.829. The lowest BCUT2D eigenvalue weighted by Gasteiger charge is -2.34. The zero-order valence-electron chi connectivity index (χ0n) is 36.0. The van der Waals surface area contributed by atoms with Crippen molar-refractivity contribution in [3.63, 3.8) is 0 Å². The van der Waals surface area contributed by atoms with Gasteiger partial charge in [-0.1, -0.05) is 0 Å². The molecule has 0 aromatic heterocycles. The van der Waals surface area contributed by atoms with Gasteiger partial charge in [0.15, 0.2) is 0 Å². The number of nitrogens with one attached hydrogen (secondary N) is 3. The quantitative estimate of drug-likeness (QED) is 0.0748. The molecule has 0 aliphatic carbocycles. The minimum Gasteiger partial charge on any atom is -0.459 e. The molecule has 2 atom stereocenters. The highest BCUT2D eigenvalue weighted by molar-refractivity contribution is 8.19. The Kier molecular flexibility index (Phi) is 21.4.